The lowest BCUT2D eigenvalue weighted by atomic mass is 9.76. The zero-order valence-corrected chi connectivity index (χ0v) is 47.9. The van der Waals surface area contributed by atoms with Crippen LogP contribution >= 0.6 is 0 Å². The van der Waals surface area contributed by atoms with Crippen LogP contribution in [0.1, 0.15) is 148 Å². The summed E-state index contributed by atoms with van der Waals surface area (Å²) in [6.45, 7) is 10.8. The van der Waals surface area contributed by atoms with Crippen LogP contribution in [0.15, 0.2) is 0 Å². The number of likely N-dealkylation sites (tertiary alicyclic amines) is 1. The Hall–Kier alpha value is -3.46. The molecule has 0 spiro atoms. The number of amides is 3. The number of imide groups is 1. The van der Waals surface area contributed by atoms with Gasteiger partial charge in [0.2, 0.25) is 17.7 Å². The topological polar surface area (TPSA) is 289 Å². The lowest BCUT2D eigenvalue weighted by molar-refractivity contribution is -0.157. The standard InChI is InChI=1S/C56H102N2O21/c1-2-3-4-5-6-8-11-14-17-22-56(55(66)67,23-18-15-12-9-7-10-13-16-19-52(61)62)54(65)57-24-25-68-26-27-69-28-29-70-30-31-71-32-33-72-34-35-73-36-37-74-38-39-75-40-41-76-42-43-77-44-45-78-46-47-79-48-49(53(63)64)58-50(59)20-21-51(58)60/h49H,2-48H2,1H3,(H,57,65)(H,61,62)(H,63,64)(H,66,67). The molecule has 2 atom stereocenters. The highest BCUT2D eigenvalue weighted by Crippen LogP contribution is 2.33. The van der Waals surface area contributed by atoms with Crippen molar-refractivity contribution >= 4 is 35.6 Å². The molecule has 1 fully saturated rings. The lowest BCUT2D eigenvalue weighted by Gasteiger charge is -2.28. The summed E-state index contributed by atoms with van der Waals surface area (Å²) in [7, 11) is 0. The highest BCUT2D eigenvalue weighted by molar-refractivity contribution is 6.05. The first-order valence-electron chi connectivity index (χ1n) is 29.3. The van der Waals surface area contributed by atoms with Crippen LogP contribution in [0.3, 0.4) is 0 Å². The predicted molar refractivity (Wildman–Crippen MR) is 291 cm³/mol. The molecule has 0 radical (unpaired) electrons. The normalized spacial score (nSPS) is 13.8. The Balaban J connectivity index is 1.93. The van der Waals surface area contributed by atoms with E-state index >= 15 is 0 Å². The molecule has 0 bridgehead atoms. The zero-order valence-electron chi connectivity index (χ0n) is 47.9. The minimum absolute atomic E-state index is 0.0169. The first-order chi connectivity index (χ1) is 38.6. The van der Waals surface area contributed by atoms with Gasteiger partial charge in [0.15, 0.2) is 6.04 Å². The van der Waals surface area contributed by atoms with Crippen LogP contribution in [0.2, 0.25) is 0 Å². The monoisotopic (exact) mass is 1140 g/mol. The van der Waals surface area contributed by atoms with Crippen LogP contribution in [0.4, 0.5) is 0 Å². The van der Waals surface area contributed by atoms with Gasteiger partial charge in [0.25, 0.3) is 0 Å². The molecule has 1 heterocycles. The van der Waals surface area contributed by atoms with E-state index in [1.54, 1.807) is 0 Å². The number of unbranched alkanes of at least 4 members (excludes halogenated alkanes) is 15. The van der Waals surface area contributed by atoms with Gasteiger partial charge in [-0.1, -0.05) is 110 Å². The number of carbonyl (C=O) groups excluding carboxylic acids is 3. The molecule has 0 aromatic carbocycles. The molecule has 23 heteroatoms. The van der Waals surface area contributed by atoms with E-state index in [1.807, 2.05) is 0 Å². The number of carboxylic acids is 3. The molecule has 23 nitrogen and oxygen atoms in total. The summed E-state index contributed by atoms with van der Waals surface area (Å²) in [5.41, 5.74) is -1.46. The molecule has 0 aromatic heterocycles. The molecule has 3 amide bonds. The number of rotatable bonds is 63. The number of hydrogen-bond acceptors (Lipinski definition) is 18. The van der Waals surface area contributed by atoms with Gasteiger partial charge in [-0.05, 0) is 19.3 Å². The van der Waals surface area contributed by atoms with Crippen molar-refractivity contribution in [3.63, 3.8) is 0 Å². The number of carbonyl (C=O) groups is 6. The Morgan fingerprint density at radius 1 is 0.430 bits per heavy atom. The van der Waals surface area contributed by atoms with Gasteiger partial charge in [-0.25, -0.2) is 4.79 Å². The fraction of sp³-hybridized carbons (Fsp3) is 0.893. The third-order valence-electron chi connectivity index (χ3n) is 12.9. The van der Waals surface area contributed by atoms with Gasteiger partial charge in [0.1, 0.15) is 5.41 Å². The molecule has 1 saturated heterocycles. The molecule has 462 valence electrons. The number of aliphatic carboxylic acids is 3. The van der Waals surface area contributed by atoms with Crippen molar-refractivity contribution in [2.24, 2.45) is 5.41 Å². The SMILES string of the molecule is CCCCCCCCCCCC(CCCCCCCCCCC(=O)O)(C(=O)O)C(=O)NCCOCCOCCOCCOCCOCCOCCOCCOCCOCCOCCOCCOCC(C(=O)O)N1C(=O)CCC1=O. The number of ether oxygens (including phenoxy) is 12. The van der Waals surface area contributed by atoms with E-state index in [9.17, 15) is 39.0 Å². The number of nitrogens with zero attached hydrogens (tertiary/aromatic N) is 1. The van der Waals surface area contributed by atoms with E-state index in [0.717, 1.165) is 62.7 Å². The third-order valence-corrected chi connectivity index (χ3v) is 12.9. The first-order valence-corrected chi connectivity index (χ1v) is 29.3. The molecule has 2 unspecified atom stereocenters. The molecule has 0 aliphatic carbocycles. The van der Waals surface area contributed by atoms with Gasteiger partial charge < -0.3 is 77.5 Å². The average Bonchev–Trinajstić information content (AvgIpc) is 3.79. The highest BCUT2D eigenvalue weighted by Gasteiger charge is 2.45. The summed E-state index contributed by atoms with van der Waals surface area (Å²) in [6, 6.07) is -1.33. The molecule has 1 rings (SSSR count). The summed E-state index contributed by atoms with van der Waals surface area (Å²) < 4.78 is 65.9. The largest absolute Gasteiger partial charge is 0.481 e. The lowest BCUT2D eigenvalue weighted by Crippen LogP contribution is -2.47. The van der Waals surface area contributed by atoms with Crippen molar-refractivity contribution in [2.45, 2.75) is 154 Å². The van der Waals surface area contributed by atoms with E-state index in [4.69, 9.17) is 61.9 Å². The number of nitrogens with one attached hydrogen (secondary N) is 1. The second kappa shape index (κ2) is 53.8. The van der Waals surface area contributed by atoms with Crippen molar-refractivity contribution < 1.29 is 101 Å². The molecular formula is C56H102N2O21. The van der Waals surface area contributed by atoms with E-state index in [-0.39, 0.29) is 52.2 Å². The number of carboxylic acid groups (broad SMARTS) is 3. The fourth-order valence-corrected chi connectivity index (χ4v) is 8.38. The van der Waals surface area contributed by atoms with E-state index in [0.29, 0.717) is 164 Å². The van der Waals surface area contributed by atoms with Crippen LogP contribution < -0.4 is 5.32 Å². The van der Waals surface area contributed by atoms with Crippen molar-refractivity contribution in [2.75, 3.05) is 165 Å². The molecule has 4 N–H and O–H groups in total. The van der Waals surface area contributed by atoms with Crippen LogP contribution in [0, 0.1) is 5.41 Å². The summed E-state index contributed by atoms with van der Waals surface area (Å²) in [5, 5.41) is 31.4. The second-order valence-corrected chi connectivity index (χ2v) is 19.3. The van der Waals surface area contributed by atoms with Crippen LogP contribution in [0.25, 0.3) is 0 Å². The van der Waals surface area contributed by atoms with Crippen molar-refractivity contribution in [1.82, 2.24) is 10.2 Å². The second-order valence-electron chi connectivity index (χ2n) is 19.3. The van der Waals surface area contributed by atoms with E-state index in [1.165, 1.54) is 32.1 Å². The van der Waals surface area contributed by atoms with Crippen molar-refractivity contribution in [3.05, 3.63) is 0 Å². The maximum atomic E-state index is 13.5. The Morgan fingerprint density at radius 3 is 1.03 bits per heavy atom. The van der Waals surface area contributed by atoms with Crippen molar-refractivity contribution in [1.29, 1.82) is 0 Å². The highest BCUT2D eigenvalue weighted by atomic mass is 16.6. The third kappa shape index (κ3) is 42.1. The summed E-state index contributed by atoms with van der Waals surface area (Å²) in [5.74, 6) is -4.55. The minimum Gasteiger partial charge on any atom is -0.481 e. The smallest absolute Gasteiger partial charge is 0.329 e. The van der Waals surface area contributed by atoms with E-state index in [2.05, 4.69) is 12.2 Å². The quantitative estimate of drug-likeness (QED) is 0.0314. The van der Waals surface area contributed by atoms with Crippen LogP contribution in [-0.4, -0.2) is 227 Å². The molecule has 0 aromatic rings. The Kier molecular flexibility index (Phi) is 50.1. The molecule has 1 aliphatic heterocycles. The molecule has 1 aliphatic rings. The molecular weight excluding hydrogens is 1040 g/mol. The summed E-state index contributed by atoms with van der Waals surface area (Å²) >= 11 is 0. The Morgan fingerprint density at radius 2 is 0.722 bits per heavy atom. The zero-order chi connectivity index (χ0) is 57.5. The van der Waals surface area contributed by atoms with Crippen LogP contribution in [0.5, 0.6) is 0 Å². The van der Waals surface area contributed by atoms with Crippen LogP contribution in [-0.2, 0) is 85.6 Å². The predicted octanol–water partition coefficient (Wildman–Crippen LogP) is 5.88. The first kappa shape index (κ1) is 73.6. The van der Waals surface area contributed by atoms with Gasteiger partial charge in [0, 0.05) is 25.8 Å². The van der Waals surface area contributed by atoms with E-state index < -0.39 is 47.1 Å². The minimum atomic E-state index is -1.46. The Bertz CT molecular complexity index is 1500. The van der Waals surface area contributed by atoms with Gasteiger partial charge in [-0.15, -0.1) is 0 Å². The summed E-state index contributed by atoms with van der Waals surface area (Å²) in [6.07, 6.45) is 18.0. The molecule has 0 saturated carbocycles. The van der Waals surface area contributed by atoms with Gasteiger partial charge in [-0.3, -0.25) is 28.9 Å². The van der Waals surface area contributed by atoms with Gasteiger partial charge in [-0.2, -0.15) is 0 Å². The Labute approximate surface area is 470 Å². The fourth-order valence-electron chi connectivity index (χ4n) is 8.38. The molecule has 79 heavy (non-hydrogen) atoms. The number of hydrogen-bond donors (Lipinski definition) is 4. The van der Waals surface area contributed by atoms with Crippen molar-refractivity contribution in [3.8, 4) is 0 Å². The maximum absolute atomic E-state index is 13.5. The van der Waals surface area contributed by atoms with Gasteiger partial charge >= 0.3 is 17.9 Å². The maximum Gasteiger partial charge on any atom is 0.329 e. The summed E-state index contributed by atoms with van der Waals surface area (Å²) in [4.78, 5) is 72.8. The van der Waals surface area contributed by atoms with Gasteiger partial charge in [0.05, 0.1) is 159 Å². The average molecular weight is 1140 g/mol.